The van der Waals surface area contributed by atoms with Crippen molar-refractivity contribution in [3.8, 4) is 0 Å². The molecule has 41 heavy (non-hydrogen) atoms. The lowest BCUT2D eigenvalue weighted by Gasteiger charge is -2.24. The van der Waals surface area contributed by atoms with Gasteiger partial charge in [-0.05, 0) is 55.5 Å². The average molecular weight is 608 g/mol. The second kappa shape index (κ2) is 16.1. The van der Waals surface area contributed by atoms with Gasteiger partial charge in [-0.15, -0.1) is 0 Å². The standard InChI is InChI=1S/C27H37N5O7S2/c1-4-39-27(36)21-7-5-6-19(14-21)16-41(37,38)32-23(17(2)33)26(35)31-22(12-13-40-3)25(34)30-15-18-8-10-20(11-9-18)24(28)29/h5-11,14,17,22-23,32-33H,4,12-13,15-16H2,1-3H3,(H3,28,29)(H,30,34)(H,31,35)/t17?,22-,23?/m0/s1. The maximum absolute atomic E-state index is 13.1. The van der Waals surface area contributed by atoms with Crippen LogP contribution in [0.3, 0.4) is 0 Å². The molecule has 0 bridgehead atoms. The Bertz CT molecular complexity index is 1320. The number of ether oxygens (including phenoxy) is 1. The van der Waals surface area contributed by atoms with E-state index in [9.17, 15) is 27.9 Å². The number of carbonyl (C=O) groups is 3. The molecule has 0 aromatic heterocycles. The van der Waals surface area contributed by atoms with Gasteiger partial charge < -0.3 is 26.2 Å². The van der Waals surface area contributed by atoms with E-state index in [1.807, 2.05) is 6.26 Å². The zero-order valence-corrected chi connectivity index (χ0v) is 24.8. The van der Waals surface area contributed by atoms with Crippen molar-refractivity contribution in [2.75, 3.05) is 18.6 Å². The van der Waals surface area contributed by atoms with Crippen molar-refractivity contribution in [2.45, 2.75) is 50.8 Å². The van der Waals surface area contributed by atoms with Crippen LogP contribution in [0.1, 0.15) is 47.3 Å². The predicted molar refractivity (Wildman–Crippen MR) is 158 cm³/mol. The fourth-order valence-electron chi connectivity index (χ4n) is 3.71. The maximum Gasteiger partial charge on any atom is 0.338 e. The Morgan fingerprint density at radius 3 is 2.34 bits per heavy atom. The van der Waals surface area contributed by atoms with Crippen LogP contribution in [0, 0.1) is 5.41 Å². The molecule has 2 aromatic rings. The second-order valence-corrected chi connectivity index (χ2v) is 11.9. The minimum atomic E-state index is -4.16. The highest BCUT2D eigenvalue weighted by molar-refractivity contribution is 7.98. The monoisotopic (exact) mass is 607 g/mol. The van der Waals surface area contributed by atoms with Gasteiger partial charge in [-0.1, -0.05) is 36.4 Å². The van der Waals surface area contributed by atoms with Gasteiger partial charge in [0.1, 0.15) is 17.9 Å². The average Bonchev–Trinajstić information content (AvgIpc) is 2.92. The number of thioether (sulfide) groups is 1. The summed E-state index contributed by atoms with van der Waals surface area (Å²) in [7, 11) is -4.16. The smallest absolute Gasteiger partial charge is 0.338 e. The van der Waals surface area contributed by atoms with Gasteiger partial charge in [0.05, 0.1) is 24.0 Å². The molecule has 2 rings (SSSR count). The van der Waals surface area contributed by atoms with Crippen molar-refractivity contribution in [2.24, 2.45) is 5.73 Å². The van der Waals surface area contributed by atoms with E-state index in [4.69, 9.17) is 15.9 Å². The number of benzene rings is 2. The minimum Gasteiger partial charge on any atom is -0.462 e. The highest BCUT2D eigenvalue weighted by Gasteiger charge is 2.32. The molecular weight excluding hydrogens is 570 g/mol. The van der Waals surface area contributed by atoms with E-state index in [0.717, 1.165) is 5.56 Å². The van der Waals surface area contributed by atoms with Gasteiger partial charge in [0.25, 0.3) is 0 Å². The highest BCUT2D eigenvalue weighted by Crippen LogP contribution is 2.12. The third-order valence-electron chi connectivity index (χ3n) is 5.84. The molecule has 224 valence electrons. The lowest BCUT2D eigenvalue weighted by molar-refractivity contribution is -0.131. The van der Waals surface area contributed by atoms with Gasteiger partial charge in [-0.2, -0.15) is 16.5 Å². The molecule has 0 aliphatic rings. The lowest BCUT2D eigenvalue weighted by Crippen LogP contribution is -2.57. The number of rotatable bonds is 16. The van der Waals surface area contributed by atoms with E-state index in [1.165, 1.54) is 43.0 Å². The van der Waals surface area contributed by atoms with E-state index < -0.39 is 51.7 Å². The van der Waals surface area contributed by atoms with Crippen molar-refractivity contribution in [1.82, 2.24) is 15.4 Å². The highest BCUT2D eigenvalue weighted by atomic mass is 32.2. The normalized spacial score (nSPS) is 13.5. The van der Waals surface area contributed by atoms with Crippen LogP contribution in [0.25, 0.3) is 0 Å². The van der Waals surface area contributed by atoms with Crippen molar-refractivity contribution >= 4 is 45.4 Å². The summed E-state index contributed by atoms with van der Waals surface area (Å²) in [4.78, 5) is 38.1. The van der Waals surface area contributed by atoms with Crippen molar-refractivity contribution in [3.63, 3.8) is 0 Å². The van der Waals surface area contributed by atoms with Crippen LogP contribution >= 0.6 is 11.8 Å². The summed E-state index contributed by atoms with van der Waals surface area (Å²) in [6.07, 6.45) is 0.693. The SMILES string of the molecule is CCOC(=O)c1cccc(CS(=O)(=O)NC(C(=O)N[C@@H](CCSC)C(=O)NCc2ccc(C(=N)N)cc2)C(C)O)c1. The Labute approximate surface area is 244 Å². The van der Waals surface area contributed by atoms with Gasteiger partial charge in [-0.3, -0.25) is 15.0 Å². The number of amidine groups is 1. The minimum absolute atomic E-state index is 0.0751. The fourth-order valence-corrected chi connectivity index (χ4v) is 5.57. The van der Waals surface area contributed by atoms with Crippen molar-refractivity contribution < 1.29 is 32.6 Å². The van der Waals surface area contributed by atoms with Crippen LogP contribution in [0.5, 0.6) is 0 Å². The van der Waals surface area contributed by atoms with Crippen LogP contribution < -0.4 is 21.1 Å². The second-order valence-electron chi connectivity index (χ2n) is 9.19. The van der Waals surface area contributed by atoms with Gasteiger partial charge in [0.2, 0.25) is 21.8 Å². The van der Waals surface area contributed by atoms with Crippen LogP contribution in [-0.2, 0) is 36.6 Å². The van der Waals surface area contributed by atoms with Crippen LogP contribution in [0.2, 0.25) is 0 Å². The summed E-state index contributed by atoms with van der Waals surface area (Å²) >= 11 is 1.47. The van der Waals surface area contributed by atoms with E-state index in [0.29, 0.717) is 11.3 Å². The largest absolute Gasteiger partial charge is 0.462 e. The van der Waals surface area contributed by atoms with E-state index >= 15 is 0 Å². The van der Waals surface area contributed by atoms with E-state index in [2.05, 4.69) is 15.4 Å². The third-order valence-corrected chi connectivity index (χ3v) is 7.81. The van der Waals surface area contributed by atoms with E-state index in [1.54, 1.807) is 31.2 Å². The molecule has 0 aliphatic carbocycles. The first-order valence-electron chi connectivity index (χ1n) is 12.8. The number of carbonyl (C=O) groups excluding carboxylic acids is 3. The first kappa shape index (κ1) is 33.7. The topological polar surface area (TPSA) is 201 Å². The number of esters is 1. The van der Waals surface area contributed by atoms with Gasteiger partial charge >= 0.3 is 5.97 Å². The summed E-state index contributed by atoms with van der Waals surface area (Å²) in [5.41, 5.74) is 7.22. The first-order valence-corrected chi connectivity index (χ1v) is 15.9. The Hall–Kier alpha value is -3.46. The third kappa shape index (κ3) is 11.1. The molecule has 0 saturated carbocycles. The van der Waals surface area contributed by atoms with Gasteiger partial charge in [-0.25, -0.2) is 13.2 Å². The maximum atomic E-state index is 13.1. The molecule has 3 atom stereocenters. The Balaban J connectivity index is 2.10. The predicted octanol–water partition coefficient (Wildman–Crippen LogP) is 0.870. The Morgan fingerprint density at radius 1 is 1.07 bits per heavy atom. The van der Waals surface area contributed by atoms with Crippen LogP contribution in [0.4, 0.5) is 0 Å². The van der Waals surface area contributed by atoms with Gasteiger partial charge in [0.15, 0.2) is 0 Å². The number of nitrogens with two attached hydrogens (primary N) is 1. The molecule has 12 nitrogen and oxygen atoms in total. The molecule has 2 unspecified atom stereocenters. The van der Waals surface area contributed by atoms with Crippen LogP contribution in [0.15, 0.2) is 48.5 Å². The number of aliphatic hydroxyl groups is 1. The summed E-state index contributed by atoms with van der Waals surface area (Å²) in [6.45, 7) is 3.23. The number of nitrogen functional groups attached to an aromatic ring is 1. The van der Waals surface area contributed by atoms with Gasteiger partial charge in [0, 0.05) is 12.1 Å². The zero-order valence-electron chi connectivity index (χ0n) is 23.2. The summed E-state index contributed by atoms with van der Waals surface area (Å²) in [5, 5.41) is 23.0. The number of sulfonamides is 1. The molecule has 14 heteroatoms. The number of hydrogen-bond donors (Lipinski definition) is 6. The zero-order chi connectivity index (χ0) is 30.6. The number of aliphatic hydroxyl groups excluding tert-OH is 1. The molecule has 0 saturated heterocycles. The molecular formula is C27H37N5O7S2. The van der Waals surface area contributed by atoms with E-state index in [-0.39, 0.29) is 36.5 Å². The summed E-state index contributed by atoms with van der Waals surface area (Å²) in [6, 6.07) is 10.1. The van der Waals surface area contributed by atoms with Crippen molar-refractivity contribution in [3.05, 3.63) is 70.8 Å². The molecule has 2 amide bonds. The molecule has 0 heterocycles. The quantitative estimate of drug-likeness (QED) is 0.0910. The number of hydrogen-bond acceptors (Lipinski definition) is 9. The molecule has 7 N–H and O–H groups in total. The fraction of sp³-hybridized carbons (Fsp3) is 0.407. The lowest BCUT2D eigenvalue weighted by atomic mass is 10.1. The molecule has 2 aromatic carbocycles. The summed E-state index contributed by atoms with van der Waals surface area (Å²) in [5.74, 6) is -2.04. The first-order chi connectivity index (χ1) is 19.4. The van der Waals surface area contributed by atoms with Crippen molar-refractivity contribution in [1.29, 1.82) is 5.41 Å². The molecule has 0 spiro atoms. The molecule has 0 radical (unpaired) electrons. The number of amides is 2. The Kier molecular flexibility index (Phi) is 13.3. The summed E-state index contributed by atoms with van der Waals surface area (Å²) < 4.78 is 33.0. The Morgan fingerprint density at radius 2 is 1.76 bits per heavy atom. The molecule has 0 fully saturated rings. The van der Waals surface area contributed by atoms with Crippen LogP contribution in [-0.4, -0.2) is 73.9 Å². The number of nitrogens with one attached hydrogen (secondary N) is 4. The molecule has 0 aliphatic heterocycles.